The van der Waals surface area contributed by atoms with Crippen LogP contribution in [0.1, 0.15) is 24.8 Å². The molecular formula is C14H23N3O3S. The average molecular weight is 313 g/mol. The summed E-state index contributed by atoms with van der Waals surface area (Å²) in [6.07, 6.45) is 1.89. The van der Waals surface area contributed by atoms with Crippen LogP contribution >= 0.6 is 0 Å². The van der Waals surface area contributed by atoms with E-state index in [0.29, 0.717) is 18.7 Å². The van der Waals surface area contributed by atoms with Crippen LogP contribution in [0.5, 0.6) is 0 Å². The number of unbranched alkanes of at least 4 members (excludes halogenated alkanes) is 1. The summed E-state index contributed by atoms with van der Waals surface area (Å²) < 4.78 is 25.3. The summed E-state index contributed by atoms with van der Waals surface area (Å²) in [4.78, 5) is 12.0. The van der Waals surface area contributed by atoms with Crippen molar-refractivity contribution in [2.45, 2.75) is 31.1 Å². The number of benzene rings is 1. The fraction of sp³-hybridized carbons (Fsp3) is 0.500. The molecule has 118 valence electrons. The molecule has 1 aromatic rings. The first kappa shape index (κ1) is 17.6. The van der Waals surface area contributed by atoms with E-state index in [2.05, 4.69) is 5.32 Å². The van der Waals surface area contributed by atoms with Gasteiger partial charge in [-0.2, -0.15) is 0 Å². The van der Waals surface area contributed by atoms with Gasteiger partial charge in [0.2, 0.25) is 15.9 Å². The second-order valence-electron chi connectivity index (χ2n) is 5.06. The van der Waals surface area contributed by atoms with Crippen LogP contribution in [-0.4, -0.2) is 39.3 Å². The Morgan fingerprint density at radius 1 is 1.29 bits per heavy atom. The van der Waals surface area contributed by atoms with Crippen LogP contribution < -0.4 is 11.1 Å². The van der Waals surface area contributed by atoms with Crippen molar-refractivity contribution < 1.29 is 13.2 Å². The summed E-state index contributed by atoms with van der Waals surface area (Å²) in [6.45, 7) is 2.38. The molecule has 0 atom stereocenters. The van der Waals surface area contributed by atoms with Crippen LogP contribution in [0.3, 0.4) is 0 Å². The molecule has 1 aromatic carbocycles. The Kier molecular flexibility index (Phi) is 6.32. The van der Waals surface area contributed by atoms with Gasteiger partial charge in [0.1, 0.15) is 0 Å². The van der Waals surface area contributed by atoms with Crippen LogP contribution in [0.15, 0.2) is 23.1 Å². The van der Waals surface area contributed by atoms with Gasteiger partial charge < -0.3 is 11.1 Å². The second kappa shape index (κ2) is 7.53. The number of rotatable bonds is 7. The Hall–Kier alpha value is -1.44. The first-order chi connectivity index (χ1) is 9.78. The van der Waals surface area contributed by atoms with Gasteiger partial charge in [-0.15, -0.1) is 0 Å². The molecule has 0 aliphatic heterocycles. The van der Waals surface area contributed by atoms with Crippen molar-refractivity contribution in [3.05, 3.63) is 23.8 Å². The molecular weight excluding hydrogens is 290 g/mol. The average Bonchev–Trinajstić information content (AvgIpc) is 2.41. The van der Waals surface area contributed by atoms with Gasteiger partial charge in [-0.3, -0.25) is 4.79 Å². The molecule has 3 N–H and O–H groups in total. The van der Waals surface area contributed by atoms with Gasteiger partial charge >= 0.3 is 0 Å². The van der Waals surface area contributed by atoms with E-state index in [1.54, 1.807) is 6.07 Å². The van der Waals surface area contributed by atoms with Gasteiger partial charge in [0.05, 0.1) is 4.90 Å². The highest BCUT2D eigenvalue weighted by atomic mass is 32.2. The highest BCUT2D eigenvalue weighted by molar-refractivity contribution is 7.89. The van der Waals surface area contributed by atoms with Crippen molar-refractivity contribution in [3.63, 3.8) is 0 Å². The van der Waals surface area contributed by atoms with Crippen molar-refractivity contribution >= 4 is 21.6 Å². The van der Waals surface area contributed by atoms with Gasteiger partial charge in [0.15, 0.2) is 0 Å². The quantitative estimate of drug-likeness (QED) is 0.742. The van der Waals surface area contributed by atoms with E-state index in [9.17, 15) is 13.2 Å². The monoisotopic (exact) mass is 313 g/mol. The fourth-order valence-corrected chi connectivity index (χ4v) is 2.68. The molecule has 0 fully saturated rings. The molecule has 21 heavy (non-hydrogen) atoms. The number of sulfonamides is 1. The van der Waals surface area contributed by atoms with Crippen molar-refractivity contribution in [3.8, 4) is 0 Å². The summed E-state index contributed by atoms with van der Waals surface area (Å²) in [5.41, 5.74) is 6.73. The van der Waals surface area contributed by atoms with Gasteiger partial charge in [-0.1, -0.05) is 6.07 Å². The number of amides is 1. The van der Waals surface area contributed by atoms with E-state index >= 15 is 0 Å². The van der Waals surface area contributed by atoms with E-state index in [1.165, 1.54) is 26.2 Å². The minimum absolute atomic E-state index is 0.133. The number of anilines is 1. The van der Waals surface area contributed by atoms with E-state index in [1.807, 2.05) is 6.92 Å². The molecule has 0 aliphatic carbocycles. The topological polar surface area (TPSA) is 92.5 Å². The van der Waals surface area contributed by atoms with Gasteiger partial charge in [-0.05, 0) is 44.0 Å². The molecule has 0 unspecified atom stereocenters. The highest BCUT2D eigenvalue weighted by Gasteiger charge is 2.18. The molecule has 1 rings (SSSR count). The van der Waals surface area contributed by atoms with Gasteiger partial charge in [0.25, 0.3) is 0 Å². The summed E-state index contributed by atoms with van der Waals surface area (Å²) >= 11 is 0. The third kappa shape index (κ3) is 4.80. The maximum atomic E-state index is 12.1. The number of nitrogens with zero attached hydrogens (tertiary/aromatic N) is 1. The van der Waals surface area contributed by atoms with Gasteiger partial charge in [0, 0.05) is 26.2 Å². The Morgan fingerprint density at radius 2 is 1.95 bits per heavy atom. The Bertz CT molecular complexity index is 597. The molecule has 0 radical (unpaired) electrons. The first-order valence-corrected chi connectivity index (χ1v) is 8.26. The van der Waals surface area contributed by atoms with E-state index in [4.69, 9.17) is 5.73 Å². The van der Waals surface area contributed by atoms with Crippen LogP contribution in [0.25, 0.3) is 0 Å². The van der Waals surface area contributed by atoms with E-state index < -0.39 is 10.0 Å². The molecule has 0 saturated carbocycles. The zero-order valence-corrected chi connectivity index (χ0v) is 13.5. The van der Waals surface area contributed by atoms with Crippen LogP contribution in [0.4, 0.5) is 5.69 Å². The van der Waals surface area contributed by atoms with E-state index in [-0.39, 0.29) is 10.8 Å². The number of carbonyl (C=O) groups is 1. The summed E-state index contributed by atoms with van der Waals surface area (Å²) in [5.74, 6) is -0.133. The van der Waals surface area contributed by atoms with Crippen LogP contribution in [0.2, 0.25) is 0 Å². The maximum absolute atomic E-state index is 12.1. The molecule has 0 saturated heterocycles. The Labute approximate surface area is 126 Å². The Morgan fingerprint density at radius 3 is 2.52 bits per heavy atom. The first-order valence-electron chi connectivity index (χ1n) is 6.82. The number of hydrogen-bond acceptors (Lipinski definition) is 4. The summed E-state index contributed by atoms with van der Waals surface area (Å²) in [5, 5.41) is 2.76. The largest absolute Gasteiger partial charge is 0.330 e. The van der Waals surface area contributed by atoms with Crippen LogP contribution in [-0.2, 0) is 14.8 Å². The highest BCUT2D eigenvalue weighted by Crippen LogP contribution is 2.22. The van der Waals surface area contributed by atoms with Gasteiger partial charge in [-0.25, -0.2) is 12.7 Å². The fourth-order valence-electron chi connectivity index (χ4n) is 1.75. The number of carbonyl (C=O) groups excluding carboxylic acids is 1. The van der Waals surface area contributed by atoms with Crippen molar-refractivity contribution in [1.29, 1.82) is 0 Å². The third-order valence-corrected chi connectivity index (χ3v) is 4.93. The summed E-state index contributed by atoms with van der Waals surface area (Å²) in [7, 11) is -0.562. The second-order valence-corrected chi connectivity index (χ2v) is 7.21. The van der Waals surface area contributed by atoms with Crippen molar-refractivity contribution in [2.75, 3.05) is 26.0 Å². The standard InChI is InChI=1S/C14H23N3O3S/c1-11-7-8-12(21(19,20)17(2)3)10-13(11)16-14(18)6-4-5-9-15/h7-8,10H,4-6,9,15H2,1-3H3,(H,16,18). The minimum Gasteiger partial charge on any atom is -0.330 e. The zero-order chi connectivity index (χ0) is 16.0. The lowest BCUT2D eigenvalue weighted by Gasteiger charge is -2.14. The van der Waals surface area contributed by atoms with Crippen molar-refractivity contribution in [1.82, 2.24) is 4.31 Å². The lowest BCUT2D eigenvalue weighted by molar-refractivity contribution is -0.116. The predicted octanol–water partition coefficient (Wildman–Crippen LogP) is 1.31. The molecule has 6 nitrogen and oxygen atoms in total. The molecule has 0 bridgehead atoms. The Balaban J connectivity index is 2.91. The van der Waals surface area contributed by atoms with E-state index in [0.717, 1.165) is 22.7 Å². The maximum Gasteiger partial charge on any atom is 0.242 e. The normalized spacial score (nSPS) is 11.7. The lowest BCUT2D eigenvalue weighted by atomic mass is 10.2. The smallest absolute Gasteiger partial charge is 0.242 e. The number of nitrogens with two attached hydrogens (primary N) is 1. The van der Waals surface area contributed by atoms with Crippen molar-refractivity contribution in [2.24, 2.45) is 5.73 Å². The molecule has 0 aromatic heterocycles. The SMILES string of the molecule is Cc1ccc(S(=O)(=O)N(C)C)cc1NC(=O)CCCCN. The molecule has 0 spiro atoms. The third-order valence-electron chi connectivity index (χ3n) is 3.12. The van der Waals surface area contributed by atoms with Crippen LogP contribution in [0, 0.1) is 6.92 Å². The lowest BCUT2D eigenvalue weighted by Crippen LogP contribution is -2.22. The molecule has 0 aliphatic rings. The molecule has 7 heteroatoms. The predicted molar refractivity (Wildman–Crippen MR) is 83.6 cm³/mol. The number of aryl methyl sites for hydroxylation is 1. The molecule has 1 amide bonds. The molecule has 0 heterocycles. The summed E-state index contributed by atoms with van der Waals surface area (Å²) in [6, 6.07) is 4.71. The zero-order valence-electron chi connectivity index (χ0n) is 12.7. The number of hydrogen-bond donors (Lipinski definition) is 2. The minimum atomic E-state index is -3.51. The number of nitrogens with one attached hydrogen (secondary N) is 1.